The molecular formula is C28H35ClN4O5S2. The number of rotatable bonds is 8. The van der Waals surface area contributed by atoms with Crippen LogP contribution in [-0.2, 0) is 19.5 Å². The van der Waals surface area contributed by atoms with Crippen LogP contribution in [0.3, 0.4) is 0 Å². The van der Waals surface area contributed by atoms with Crippen LogP contribution in [0, 0.1) is 6.92 Å². The average molecular weight is 607 g/mol. The molecular weight excluding hydrogens is 572 g/mol. The molecule has 0 radical (unpaired) electrons. The Hall–Kier alpha value is -2.12. The summed E-state index contributed by atoms with van der Waals surface area (Å²) in [7, 11) is -3.71. The molecule has 0 spiro atoms. The van der Waals surface area contributed by atoms with Gasteiger partial charge >= 0.3 is 0 Å². The van der Waals surface area contributed by atoms with Crippen molar-refractivity contribution in [2.45, 2.75) is 44.3 Å². The van der Waals surface area contributed by atoms with Gasteiger partial charge in [-0.05, 0) is 69.2 Å². The molecule has 2 atom stereocenters. The first-order valence-electron chi connectivity index (χ1n) is 13.6. The minimum absolute atomic E-state index is 0.162. The van der Waals surface area contributed by atoms with Gasteiger partial charge in [-0.3, -0.25) is 14.6 Å². The third-order valence-corrected chi connectivity index (χ3v) is 10.6. The van der Waals surface area contributed by atoms with Gasteiger partial charge in [0.25, 0.3) is 5.91 Å². The maximum Gasteiger partial charge on any atom is 0.260 e. The number of hydrogen-bond donors (Lipinski definition) is 0. The smallest absolute Gasteiger partial charge is 0.260 e. The Morgan fingerprint density at radius 1 is 1.10 bits per heavy atom. The molecule has 3 aromatic rings. The number of fused-ring (bicyclic) bond motifs is 1. The van der Waals surface area contributed by atoms with Gasteiger partial charge in [-0.1, -0.05) is 22.9 Å². The number of halogens is 1. The van der Waals surface area contributed by atoms with E-state index in [1.807, 2.05) is 32.9 Å². The van der Waals surface area contributed by atoms with Crippen molar-refractivity contribution >= 4 is 54.2 Å². The van der Waals surface area contributed by atoms with Crippen molar-refractivity contribution in [3.8, 4) is 0 Å². The van der Waals surface area contributed by atoms with Crippen LogP contribution in [0.25, 0.3) is 10.2 Å². The summed E-state index contributed by atoms with van der Waals surface area (Å²) in [5.74, 6) is -0.220. The van der Waals surface area contributed by atoms with Crippen LogP contribution in [-0.4, -0.2) is 93.2 Å². The first kappa shape index (κ1) is 29.4. The zero-order valence-corrected chi connectivity index (χ0v) is 25.4. The third kappa shape index (κ3) is 6.35. The molecule has 2 unspecified atom stereocenters. The molecule has 2 aliphatic heterocycles. The Bertz CT molecular complexity index is 1450. The lowest BCUT2D eigenvalue weighted by molar-refractivity contribution is -0.0440. The minimum atomic E-state index is -3.71. The van der Waals surface area contributed by atoms with Crippen molar-refractivity contribution in [1.29, 1.82) is 0 Å². The number of ether oxygens (including phenoxy) is 2. The molecule has 0 N–H and O–H groups in total. The highest BCUT2D eigenvalue weighted by molar-refractivity contribution is 7.89. The molecule has 1 aromatic heterocycles. The van der Waals surface area contributed by atoms with E-state index in [0.29, 0.717) is 35.4 Å². The summed E-state index contributed by atoms with van der Waals surface area (Å²) in [6.45, 7) is 10.8. The van der Waals surface area contributed by atoms with Crippen LogP contribution >= 0.6 is 22.9 Å². The van der Waals surface area contributed by atoms with Crippen LogP contribution < -0.4 is 4.90 Å². The normalized spacial score (nSPS) is 21.1. The molecule has 5 rings (SSSR count). The predicted molar refractivity (Wildman–Crippen MR) is 158 cm³/mol. The Morgan fingerprint density at radius 2 is 1.77 bits per heavy atom. The maximum atomic E-state index is 13.9. The number of aromatic nitrogens is 1. The summed E-state index contributed by atoms with van der Waals surface area (Å²) < 4.78 is 40.2. The van der Waals surface area contributed by atoms with Gasteiger partial charge in [0.1, 0.15) is 0 Å². The number of anilines is 1. The van der Waals surface area contributed by atoms with Gasteiger partial charge in [0.05, 0.1) is 40.5 Å². The molecule has 0 bridgehead atoms. The van der Waals surface area contributed by atoms with Crippen molar-refractivity contribution < 1.29 is 22.7 Å². The highest BCUT2D eigenvalue weighted by Crippen LogP contribution is 2.34. The number of nitrogens with zero attached hydrogens (tertiary/aromatic N) is 4. The number of thiazole rings is 1. The standard InChI is InChI=1S/C28H35ClN4O5S2/c1-19-17-32(18-20(2)38-19)40(35,36)23-7-5-22(6-8-23)27(34)33(12-4-11-31-13-15-37-16-14-31)28-30-26-21(3)24(29)9-10-25(26)39-28/h5-10,19-20H,4,11-18H2,1-3H3. The molecule has 40 heavy (non-hydrogen) atoms. The van der Waals surface area contributed by atoms with E-state index in [2.05, 4.69) is 4.90 Å². The van der Waals surface area contributed by atoms with Gasteiger partial charge in [-0.15, -0.1) is 0 Å². The van der Waals surface area contributed by atoms with Gasteiger partial charge < -0.3 is 9.47 Å². The third-order valence-electron chi connectivity index (χ3n) is 7.30. The van der Waals surface area contributed by atoms with Gasteiger partial charge in [0.2, 0.25) is 10.0 Å². The lowest BCUT2D eigenvalue weighted by Gasteiger charge is -2.34. The van der Waals surface area contributed by atoms with E-state index in [9.17, 15) is 13.2 Å². The van der Waals surface area contributed by atoms with Crippen molar-refractivity contribution in [2.24, 2.45) is 0 Å². The lowest BCUT2D eigenvalue weighted by Crippen LogP contribution is -2.48. The van der Waals surface area contributed by atoms with Crippen molar-refractivity contribution in [3.05, 3.63) is 52.5 Å². The van der Waals surface area contributed by atoms with E-state index in [-0.39, 0.29) is 23.0 Å². The second-order valence-electron chi connectivity index (χ2n) is 10.4. The van der Waals surface area contributed by atoms with Crippen molar-refractivity contribution in [3.63, 3.8) is 0 Å². The summed E-state index contributed by atoms with van der Waals surface area (Å²) in [5.41, 5.74) is 2.07. The number of morpholine rings is 2. The van der Waals surface area contributed by atoms with E-state index in [1.165, 1.54) is 27.8 Å². The zero-order chi connectivity index (χ0) is 28.4. The first-order chi connectivity index (χ1) is 19.1. The van der Waals surface area contributed by atoms with E-state index in [4.69, 9.17) is 26.1 Å². The van der Waals surface area contributed by atoms with Gasteiger partial charge in [0, 0.05) is 49.9 Å². The molecule has 3 heterocycles. The molecule has 0 saturated carbocycles. The minimum Gasteiger partial charge on any atom is -0.379 e. The van der Waals surface area contributed by atoms with Crippen LogP contribution in [0.5, 0.6) is 0 Å². The van der Waals surface area contributed by atoms with Crippen LogP contribution in [0.4, 0.5) is 5.13 Å². The summed E-state index contributed by atoms with van der Waals surface area (Å²) in [6, 6.07) is 9.99. The molecule has 2 fully saturated rings. The monoisotopic (exact) mass is 606 g/mol. The fourth-order valence-electron chi connectivity index (χ4n) is 5.17. The van der Waals surface area contributed by atoms with Crippen LogP contribution in [0.15, 0.2) is 41.3 Å². The molecule has 2 aromatic carbocycles. The number of amides is 1. The van der Waals surface area contributed by atoms with Gasteiger partial charge in [-0.25, -0.2) is 13.4 Å². The number of hydrogen-bond acceptors (Lipinski definition) is 8. The number of carbonyl (C=O) groups is 1. The topological polar surface area (TPSA) is 92.3 Å². The average Bonchev–Trinajstić information content (AvgIpc) is 3.38. The number of sulfonamides is 1. The summed E-state index contributed by atoms with van der Waals surface area (Å²) in [5, 5.41) is 1.23. The molecule has 0 aliphatic carbocycles. The maximum absolute atomic E-state index is 13.9. The molecule has 2 aliphatic rings. The summed E-state index contributed by atoms with van der Waals surface area (Å²) in [6.07, 6.45) is 0.400. The van der Waals surface area contributed by atoms with Gasteiger partial charge in [-0.2, -0.15) is 4.31 Å². The van der Waals surface area contributed by atoms with E-state index >= 15 is 0 Å². The first-order valence-corrected chi connectivity index (χ1v) is 16.2. The second-order valence-corrected chi connectivity index (χ2v) is 13.7. The summed E-state index contributed by atoms with van der Waals surface area (Å²) in [4.78, 5) is 22.9. The fraction of sp³-hybridized carbons (Fsp3) is 0.500. The number of carbonyl (C=O) groups excluding carboxylic acids is 1. The molecule has 12 heteroatoms. The van der Waals surface area contributed by atoms with Crippen molar-refractivity contribution in [2.75, 3.05) is 57.4 Å². The Balaban J connectivity index is 1.39. The Labute approximate surface area is 244 Å². The summed E-state index contributed by atoms with van der Waals surface area (Å²) >= 11 is 7.79. The largest absolute Gasteiger partial charge is 0.379 e. The van der Waals surface area contributed by atoms with Crippen LogP contribution in [0.1, 0.15) is 36.2 Å². The highest BCUT2D eigenvalue weighted by Gasteiger charge is 2.32. The second kappa shape index (κ2) is 12.4. The molecule has 9 nitrogen and oxygen atoms in total. The van der Waals surface area contributed by atoms with E-state index in [0.717, 1.165) is 55.0 Å². The predicted octanol–water partition coefficient (Wildman–Crippen LogP) is 4.43. The van der Waals surface area contributed by atoms with Gasteiger partial charge in [0.15, 0.2) is 5.13 Å². The Morgan fingerprint density at radius 3 is 2.45 bits per heavy atom. The Kier molecular flexibility index (Phi) is 9.11. The van der Waals surface area contributed by atoms with Crippen LogP contribution in [0.2, 0.25) is 5.02 Å². The highest BCUT2D eigenvalue weighted by atomic mass is 35.5. The molecule has 216 valence electrons. The van der Waals surface area contributed by atoms with Crippen molar-refractivity contribution in [1.82, 2.24) is 14.2 Å². The zero-order valence-electron chi connectivity index (χ0n) is 23.0. The lowest BCUT2D eigenvalue weighted by atomic mass is 10.2. The fourth-order valence-corrected chi connectivity index (χ4v) is 7.96. The SMILES string of the molecule is Cc1c(Cl)ccc2sc(N(CCCN3CCOCC3)C(=O)c3ccc(S(=O)(=O)N4CC(C)OC(C)C4)cc3)nc12. The quantitative estimate of drug-likeness (QED) is 0.375. The number of benzene rings is 2. The van der Waals surface area contributed by atoms with E-state index in [1.54, 1.807) is 17.0 Å². The van der Waals surface area contributed by atoms with E-state index < -0.39 is 10.0 Å². The number of aryl methyl sites for hydroxylation is 1. The molecule has 1 amide bonds. The molecule has 2 saturated heterocycles.